The van der Waals surface area contributed by atoms with Crippen molar-refractivity contribution in [3.63, 3.8) is 0 Å². The van der Waals surface area contributed by atoms with Gasteiger partial charge in [-0.25, -0.2) is 0 Å². The quantitative estimate of drug-likeness (QED) is 0.499. The molecule has 0 bridgehead atoms. The third-order valence-electron chi connectivity index (χ3n) is 6.11. The molecule has 0 saturated carbocycles. The van der Waals surface area contributed by atoms with Crippen molar-refractivity contribution in [3.05, 3.63) is 87.9 Å². The summed E-state index contributed by atoms with van der Waals surface area (Å²) in [6, 6.07) is 17.6. The van der Waals surface area contributed by atoms with E-state index in [0.717, 1.165) is 23.1 Å². The fourth-order valence-electron chi connectivity index (χ4n) is 4.16. The Labute approximate surface area is 204 Å². The van der Waals surface area contributed by atoms with E-state index in [9.17, 15) is 9.59 Å². The minimum atomic E-state index is -0.518. The molecule has 2 atom stereocenters. The number of hydrogen-bond donors (Lipinski definition) is 1. The van der Waals surface area contributed by atoms with Gasteiger partial charge in [-0.3, -0.25) is 9.59 Å². The summed E-state index contributed by atoms with van der Waals surface area (Å²) in [5.74, 6) is 0.640. The Hall–Kier alpha value is -3.51. The van der Waals surface area contributed by atoms with Gasteiger partial charge in [-0.2, -0.15) is 0 Å². The first kappa shape index (κ1) is 23.6. The molecule has 1 aliphatic heterocycles. The van der Waals surface area contributed by atoms with Gasteiger partial charge in [0, 0.05) is 16.3 Å². The number of anilines is 1. The second-order valence-electron chi connectivity index (χ2n) is 8.34. The van der Waals surface area contributed by atoms with Gasteiger partial charge in [0.1, 0.15) is 0 Å². The van der Waals surface area contributed by atoms with Crippen LogP contribution in [0.1, 0.15) is 53.4 Å². The predicted octanol–water partition coefficient (Wildman–Crippen LogP) is 5.30. The Bertz CT molecular complexity index is 1210. The van der Waals surface area contributed by atoms with Gasteiger partial charge in [0.25, 0.3) is 0 Å². The SMILES string of the molecule is CC[C@@H](C)Oc1cc2c(cc1OC)CC(=O)N(c1ccc(C(N)=O)cc1)C2c1ccc(Cl)cc1. The molecule has 0 radical (unpaired) electrons. The molecular weight excluding hydrogens is 452 g/mol. The van der Waals surface area contributed by atoms with Crippen LogP contribution in [0.2, 0.25) is 5.02 Å². The molecule has 34 heavy (non-hydrogen) atoms. The third kappa shape index (κ3) is 4.59. The van der Waals surface area contributed by atoms with Gasteiger partial charge in [-0.05, 0) is 78.6 Å². The number of nitrogens with two attached hydrogens (primary N) is 1. The number of hydrogen-bond acceptors (Lipinski definition) is 4. The lowest BCUT2D eigenvalue weighted by Gasteiger charge is -2.38. The van der Waals surface area contributed by atoms with Crippen LogP contribution >= 0.6 is 11.6 Å². The highest BCUT2D eigenvalue weighted by molar-refractivity contribution is 6.30. The Balaban J connectivity index is 1.89. The molecule has 3 aromatic carbocycles. The summed E-state index contributed by atoms with van der Waals surface area (Å²) in [6.07, 6.45) is 1.05. The first-order valence-corrected chi connectivity index (χ1v) is 11.5. The summed E-state index contributed by atoms with van der Waals surface area (Å²) in [6.45, 7) is 4.06. The van der Waals surface area contributed by atoms with E-state index in [1.807, 2.05) is 43.3 Å². The van der Waals surface area contributed by atoms with Gasteiger partial charge in [0.05, 0.1) is 25.7 Å². The molecule has 4 rings (SSSR count). The average Bonchev–Trinajstić information content (AvgIpc) is 2.83. The molecular formula is C27H27ClN2O4. The maximum atomic E-state index is 13.5. The van der Waals surface area contributed by atoms with Crippen LogP contribution in [0.5, 0.6) is 11.5 Å². The van der Waals surface area contributed by atoms with Crippen molar-refractivity contribution in [2.24, 2.45) is 5.73 Å². The first-order chi connectivity index (χ1) is 16.3. The Morgan fingerprint density at radius 3 is 2.38 bits per heavy atom. The van der Waals surface area contributed by atoms with Crippen molar-refractivity contribution < 1.29 is 19.1 Å². The molecule has 6 nitrogen and oxygen atoms in total. The molecule has 0 aliphatic carbocycles. The highest BCUT2D eigenvalue weighted by atomic mass is 35.5. The summed E-state index contributed by atoms with van der Waals surface area (Å²) in [7, 11) is 1.60. The number of carbonyl (C=O) groups excluding carboxylic acids is 2. The van der Waals surface area contributed by atoms with Crippen LogP contribution in [0.4, 0.5) is 5.69 Å². The number of primary amides is 1. The lowest BCUT2D eigenvalue weighted by atomic mass is 9.86. The number of halogens is 1. The Morgan fingerprint density at radius 1 is 1.12 bits per heavy atom. The van der Waals surface area contributed by atoms with Crippen LogP contribution in [0.15, 0.2) is 60.7 Å². The van der Waals surface area contributed by atoms with Crippen LogP contribution in [0.25, 0.3) is 0 Å². The van der Waals surface area contributed by atoms with Gasteiger partial charge in [-0.15, -0.1) is 0 Å². The highest BCUT2D eigenvalue weighted by Crippen LogP contribution is 2.43. The molecule has 0 fully saturated rings. The van der Waals surface area contributed by atoms with Crippen LogP contribution < -0.4 is 20.1 Å². The number of rotatable bonds is 7. The summed E-state index contributed by atoms with van der Waals surface area (Å²) in [5.41, 5.74) is 9.17. The first-order valence-electron chi connectivity index (χ1n) is 11.2. The molecule has 2 N–H and O–H groups in total. The fourth-order valence-corrected chi connectivity index (χ4v) is 4.29. The zero-order valence-corrected chi connectivity index (χ0v) is 20.1. The van der Waals surface area contributed by atoms with Crippen molar-refractivity contribution in [1.82, 2.24) is 0 Å². The maximum absolute atomic E-state index is 13.5. The van der Waals surface area contributed by atoms with Crippen molar-refractivity contribution in [2.75, 3.05) is 12.0 Å². The summed E-state index contributed by atoms with van der Waals surface area (Å²) < 4.78 is 11.7. The number of benzene rings is 3. The van der Waals surface area contributed by atoms with E-state index in [-0.39, 0.29) is 18.4 Å². The van der Waals surface area contributed by atoms with E-state index < -0.39 is 11.9 Å². The molecule has 1 unspecified atom stereocenters. The fraction of sp³-hybridized carbons (Fsp3) is 0.259. The Kier molecular flexibility index (Phi) is 6.80. The Morgan fingerprint density at radius 2 is 1.79 bits per heavy atom. The van der Waals surface area contributed by atoms with E-state index in [1.165, 1.54) is 0 Å². The number of ether oxygens (including phenoxy) is 2. The summed E-state index contributed by atoms with van der Waals surface area (Å²) in [4.78, 5) is 26.8. The molecule has 0 saturated heterocycles. The third-order valence-corrected chi connectivity index (χ3v) is 6.36. The molecule has 2 amide bonds. The van der Waals surface area contributed by atoms with Crippen molar-refractivity contribution in [2.45, 2.75) is 38.8 Å². The largest absolute Gasteiger partial charge is 0.493 e. The summed E-state index contributed by atoms with van der Waals surface area (Å²) >= 11 is 6.16. The van der Waals surface area contributed by atoms with Crippen LogP contribution in [0.3, 0.4) is 0 Å². The van der Waals surface area contributed by atoms with Crippen LogP contribution in [-0.2, 0) is 11.2 Å². The van der Waals surface area contributed by atoms with E-state index in [4.69, 9.17) is 26.8 Å². The topological polar surface area (TPSA) is 81.9 Å². The van der Waals surface area contributed by atoms with Crippen molar-refractivity contribution in [3.8, 4) is 11.5 Å². The van der Waals surface area contributed by atoms with Gasteiger partial charge >= 0.3 is 0 Å². The van der Waals surface area contributed by atoms with E-state index >= 15 is 0 Å². The molecule has 1 heterocycles. The number of amides is 2. The monoisotopic (exact) mass is 478 g/mol. The predicted molar refractivity (Wildman–Crippen MR) is 133 cm³/mol. The molecule has 3 aromatic rings. The highest BCUT2D eigenvalue weighted by Gasteiger charge is 2.36. The number of fused-ring (bicyclic) bond motifs is 1. The zero-order chi connectivity index (χ0) is 24.4. The smallest absolute Gasteiger partial charge is 0.248 e. The lowest BCUT2D eigenvalue weighted by molar-refractivity contribution is -0.118. The average molecular weight is 479 g/mol. The second kappa shape index (κ2) is 9.77. The molecule has 176 valence electrons. The zero-order valence-electron chi connectivity index (χ0n) is 19.4. The van der Waals surface area contributed by atoms with Gasteiger partial charge in [0.15, 0.2) is 11.5 Å². The van der Waals surface area contributed by atoms with Gasteiger partial charge in [0.2, 0.25) is 11.8 Å². The van der Waals surface area contributed by atoms with Crippen molar-refractivity contribution >= 4 is 29.1 Å². The van der Waals surface area contributed by atoms with Gasteiger partial charge < -0.3 is 20.1 Å². The second-order valence-corrected chi connectivity index (χ2v) is 8.78. The van der Waals surface area contributed by atoms with E-state index in [0.29, 0.717) is 27.8 Å². The minimum absolute atomic E-state index is 0.00333. The minimum Gasteiger partial charge on any atom is -0.493 e. The number of methoxy groups -OCH3 is 1. The lowest BCUT2D eigenvalue weighted by Crippen LogP contribution is -2.41. The van der Waals surface area contributed by atoms with E-state index in [1.54, 1.807) is 36.3 Å². The maximum Gasteiger partial charge on any atom is 0.248 e. The number of nitrogens with zero attached hydrogens (tertiary/aromatic N) is 1. The van der Waals surface area contributed by atoms with Crippen LogP contribution in [-0.4, -0.2) is 25.0 Å². The molecule has 7 heteroatoms. The normalized spacial score (nSPS) is 16.1. The number of carbonyl (C=O) groups is 2. The molecule has 0 aromatic heterocycles. The standard InChI is InChI=1S/C27H27ClN2O4/c1-4-16(2)34-24-15-22-19(13-23(24)33-3)14-25(31)30(21-11-7-18(8-12-21)27(29)32)26(22)17-5-9-20(28)10-6-17/h5-13,15-16,26H,4,14H2,1-3H3,(H2,29,32)/t16-,26?/m1/s1. The molecule has 1 aliphatic rings. The van der Waals surface area contributed by atoms with E-state index in [2.05, 4.69) is 6.92 Å². The summed E-state index contributed by atoms with van der Waals surface area (Å²) in [5, 5.41) is 0.610. The van der Waals surface area contributed by atoms with Crippen molar-refractivity contribution in [1.29, 1.82) is 0 Å². The molecule has 0 spiro atoms. The van der Waals surface area contributed by atoms with Gasteiger partial charge in [-0.1, -0.05) is 30.7 Å². The van der Waals surface area contributed by atoms with Crippen LogP contribution in [0, 0.1) is 0 Å².